The van der Waals surface area contributed by atoms with Crippen molar-refractivity contribution in [2.24, 2.45) is 0 Å². The standard InChI is InChI=1S/C6H13F2NO2/c1-11-4-5(3-10)9-2-6(7)8/h5-6,9-10H,2-4H2,1H3. The van der Waals surface area contributed by atoms with Gasteiger partial charge in [-0.25, -0.2) is 8.78 Å². The van der Waals surface area contributed by atoms with Crippen LogP contribution in [0.15, 0.2) is 0 Å². The summed E-state index contributed by atoms with van der Waals surface area (Å²) in [5, 5.41) is 11.0. The average Bonchev–Trinajstić information content (AvgIpc) is 1.97. The van der Waals surface area contributed by atoms with Gasteiger partial charge < -0.3 is 15.2 Å². The minimum Gasteiger partial charge on any atom is -0.395 e. The molecule has 0 aliphatic heterocycles. The molecule has 0 aliphatic rings. The molecule has 2 N–H and O–H groups in total. The molecular weight excluding hydrogens is 156 g/mol. The maximum atomic E-state index is 11.6. The SMILES string of the molecule is COCC(CO)NCC(F)F. The topological polar surface area (TPSA) is 41.5 Å². The molecule has 1 unspecified atom stereocenters. The van der Waals surface area contributed by atoms with Gasteiger partial charge in [0.2, 0.25) is 0 Å². The number of rotatable bonds is 6. The predicted molar refractivity (Wildman–Crippen MR) is 36.8 cm³/mol. The van der Waals surface area contributed by atoms with E-state index >= 15 is 0 Å². The first-order chi connectivity index (χ1) is 5.20. The van der Waals surface area contributed by atoms with Gasteiger partial charge in [-0.1, -0.05) is 0 Å². The fourth-order valence-corrected chi connectivity index (χ4v) is 0.633. The van der Waals surface area contributed by atoms with Crippen molar-refractivity contribution in [2.45, 2.75) is 12.5 Å². The molecule has 0 aromatic heterocycles. The summed E-state index contributed by atoms with van der Waals surface area (Å²) in [4.78, 5) is 0. The van der Waals surface area contributed by atoms with E-state index in [4.69, 9.17) is 5.11 Å². The second kappa shape index (κ2) is 6.45. The summed E-state index contributed by atoms with van der Waals surface area (Å²) in [6.45, 7) is -0.363. The fraction of sp³-hybridized carbons (Fsp3) is 1.00. The molecule has 0 fully saturated rings. The van der Waals surface area contributed by atoms with Gasteiger partial charge >= 0.3 is 0 Å². The first kappa shape index (κ1) is 10.7. The van der Waals surface area contributed by atoms with Crippen LogP contribution in [0.1, 0.15) is 0 Å². The Labute approximate surface area is 64.4 Å². The summed E-state index contributed by atoms with van der Waals surface area (Å²) in [7, 11) is 1.45. The number of ether oxygens (including phenoxy) is 1. The van der Waals surface area contributed by atoms with E-state index in [-0.39, 0.29) is 13.2 Å². The highest BCUT2D eigenvalue weighted by atomic mass is 19.3. The van der Waals surface area contributed by atoms with Crippen molar-refractivity contribution in [1.82, 2.24) is 5.32 Å². The van der Waals surface area contributed by atoms with Gasteiger partial charge in [0.25, 0.3) is 6.43 Å². The minimum atomic E-state index is -2.39. The molecule has 0 saturated heterocycles. The van der Waals surface area contributed by atoms with E-state index in [1.54, 1.807) is 0 Å². The molecule has 68 valence electrons. The van der Waals surface area contributed by atoms with Crippen molar-refractivity contribution in [3.8, 4) is 0 Å². The second-order valence-electron chi connectivity index (χ2n) is 2.13. The third kappa shape index (κ3) is 6.15. The zero-order chi connectivity index (χ0) is 8.69. The van der Waals surface area contributed by atoms with E-state index in [2.05, 4.69) is 10.1 Å². The highest BCUT2D eigenvalue weighted by molar-refractivity contribution is 4.64. The molecule has 0 spiro atoms. The molecule has 0 amide bonds. The van der Waals surface area contributed by atoms with Gasteiger partial charge in [-0.15, -0.1) is 0 Å². The number of alkyl halides is 2. The van der Waals surface area contributed by atoms with Crippen LogP contribution in [0.4, 0.5) is 8.78 Å². The second-order valence-corrected chi connectivity index (χ2v) is 2.13. The normalized spacial score (nSPS) is 13.9. The molecule has 0 radical (unpaired) electrons. The van der Waals surface area contributed by atoms with Gasteiger partial charge in [0.1, 0.15) is 0 Å². The van der Waals surface area contributed by atoms with Gasteiger partial charge in [-0.3, -0.25) is 0 Å². The Balaban J connectivity index is 3.35. The minimum absolute atomic E-state index is 0.194. The van der Waals surface area contributed by atoms with Gasteiger partial charge in [-0.2, -0.15) is 0 Å². The number of hydrogen-bond donors (Lipinski definition) is 2. The summed E-state index contributed by atoms with van der Waals surface area (Å²) in [5.74, 6) is 0. The Morgan fingerprint density at radius 3 is 2.55 bits per heavy atom. The van der Waals surface area contributed by atoms with Crippen LogP contribution in [0.25, 0.3) is 0 Å². The number of aliphatic hydroxyl groups excluding tert-OH is 1. The third-order valence-corrected chi connectivity index (χ3v) is 1.15. The van der Waals surface area contributed by atoms with Crippen LogP contribution in [0.2, 0.25) is 0 Å². The fourth-order valence-electron chi connectivity index (χ4n) is 0.633. The average molecular weight is 169 g/mol. The molecular formula is C6H13F2NO2. The van der Waals surface area contributed by atoms with Crippen LogP contribution in [-0.4, -0.2) is 44.4 Å². The number of nitrogens with one attached hydrogen (secondary N) is 1. The van der Waals surface area contributed by atoms with E-state index in [0.717, 1.165) is 0 Å². The van der Waals surface area contributed by atoms with Crippen molar-refractivity contribution in [3.63, 3.8) is 0 Å². The zero-order valence-corrected chi connectivity index (χ0v) is 6.39. The van der Waals surface area contributed by atoms with Crippen molar-refractivity contribution < 1.29 is 18.6 Å². The first-order valence-electron chi connectivity index (χ1n) is 3.32. The van der Waals surface area contributed by atoms with Gasteiger partial charge in [0.05, 0.1) is 25.8 Å². The monoisotopic (exact) mass is 169 g/mol. The zero-order valence-electron chi connectivity index (χ0n) is 6.39. The maximum absolute atomic E-state index is 11.6. The largest absolute Gasteiger partial charge is 0.395 e. The number of halogens is 2. The molecule has 3 nitrogen and oxygen atoms in total. The van der Waals surface area contributed by atoms with Crippen molar-refractivity contribution >= 4 is 0 Å². The van der Waals surface area contributed by atoms with E-state index in [0.29, 0.717) is 0 Å². The van der Waals surface area contributed by atoms with Crippen LogP contribution in [0.5, 0.6) is 0 Å². The van der Waals surface area contributed by atoms with E-state index in [9.17, 15) is 8.78 Å². The smallest absolute Gasteiger partial charge is 0.250 e. The Hall–Kier alpha value is -0.260. The highest BCUT2D eigenvalue weighted by Gasteiger charge is 2.08. The van der Waals surface area contributed by atoms with Crippen LogP contribution in [0, 0.1) is 0 Å². The van der Waals surface area contributed by atoms with Crippen LogP contribution in [0.3, 0.4) is 0 Å². The molecule has 0 aromatic rings. The van der Waals surface area contributed by atoms with E-state index in [1.807, 2.05) is 0 Å². The molecule has 0 bridgehead atoms. The maximum Gasteiger partial charge on any atom is 0.250 e. The van der Waals surface area contributed by atoms with Crippen molar-refractivity contribution in [3.05, 3.63) is 0 Å². The molecule has 0 aliphatic carbocycles. The summed E-state index contributed by atoms with van der Waals surface area (Å²) in [5.41, 5.74) is 0. The molecule has 0 rings (SSSR count). The number of aliphatic hydroxyl groups is 1. The highest BCUT2D eigenvalue weighted by Crippen LogP contribution is 1.90. The Bertz CT molecular complexity index is 92.7. The van der Waals surface area contributed by atoms with Crippen molar-refractivity contribution in [2.75, 3.05) is 26.9 Å². The predicted octanol–water partition coefficient (Wildman–Crippen LogP) is -0.152. The number of methoxy groups -OCH3 is 1. The van der Waals surface area contributed by atoms with Gasteiger partial charge in [0, 0.05) is 7.11 Å². The molecule has 0 heterocycles. The van der Waals surface area contributed by atoms with Crippen molar-refractivity contribution in [1.29, 1.82) is 0 Å². The Morgan fingerprint density at radius 1 is 1.55 bits per heavy atom. The quantitative estimate of drug-likeness (QED) is 0.581. The lowest BCUT2D eigenvalue weighted by molar-refractivity contribution is 0.101. The summed E-state index contributed by atoms with van der Waals surface area (Å²) in [6.07, 6.45) is -2.39. The van der Waals surface area contributed by atoms with Crippen LogP contribution < -0.4 is 5.32 Å². The summed E-state index contributed by atoms with van der Waals surface area (Å²) in [6, 6.07) is -0.394. The van der Waals surface area contributed by atoms with E-state index in [1.165, 1.54) is 7.11 Å². The summed E-state index contributed by atoms with van der Waals surface area (Å²) >= 11 is 0. The molecule has 11 heavy (non-hydrogen) atoms. The van der Waals surface area contributed by atoms with Crippen LogP contribution in [-0.2, 0) is 4.74 Å². The van der Waals surface area contributed by atoms with E-state index < -0.39 is 19.0 Å². The Kier molecular flexibility index (Phi) is 6.30. The summed E-state index contributed by atoms with van der Waals surface area (Å²) < 4.78 is 27.8. The molecule has 0 saturated carbocycles. The lowest BCUT2D eigenvalue weighted by Gasteiger charge is -2.14. The lowest BCUT2D eigenvalue weighted by Crippen LogP contribution is -2.39. The molecule has 5 heteroatoms. The molecule has 1 atom stereocenters. The Morgan fingerprint density at radius 2 is 2.18 bits per heavy atom. The van der Waals surface area contributed by atoms with Gasteiger partial charge in [-0.05, 0) is 0 Å². The van der Waals surface area contributed by atoms with Crippen LogP contribution >= 0.6 is 0 Å². The lowest BCUT2D eigenvalue weighted by atomic mass is 10.3. The third-order valence-electron chi connectivity index (χ3n) is 1.15. The van der Waals surface area contributed by atoms with Gasteiger partial charge in [0.15, 0.2) is 0 Å². The molecule has 0 aromatic carbocycles. The first-order valence-corrected chi connectivity index (χ1v) is 3.32. The number of hydrogen-bond acceptors (Lipinski definition) is 3.